The van der Waals surface area contributed by atoms with Crippen LogP contribution in [-0.2, 0) is 10.2 Å². The highest BCUT2D eigenvalue weighted by Gasteiger charge is 2.67. The molecule has 1 aromatic heterocycles. The summed E-state index contributed by atoms with van der Waals surface area (Å²) in [5.74, 6) is -0.502. The van der Waals surface area contributed by atoms with Crippen LogP contribution in [-0.4, -0.2) is 31.4 Å². The Morgan fingerprint density at radius 1 is 0.930 bits per heavy atom. The van der Waals surface area contributed by atoms with Crippen LogP contribution in [0.1, 0.15) is 108 Å². The lowest BCUT2D eigenvalue weighted by atomic mass is 9.34. The summed E-state index contributed by atoms with van der Waals surface area (Å²) in [4.78, 5) is 15.9. The molecule has 7 atom stereocenters. The predicted octanol–water partition coefficient (Wildman–Crippen LogP) is 8.42. The minimum absolute atomic E-state index is 0.0721. The van der Waals surface area contributed by atoms with Crippen LogP contribution >= 0.6 is 0 Å². The SMILES string of the molecule is Cc1c(O)c(O)cc2c1[C@H](c1c[nH]c3cc(O)ccc13)C=C1[C@@]2(C)CC[C@@]2(C)[C@@H]3C[C@](C)(C(=O)O)CC[C@]3(C)CC[C@]12C. The number of aromatic amines is 1. The number of phenolic OH excluding ortho intramolecular Hbond substituents is 3. The van der Waals surface area contributed by atoms with E-state index in [1.807, 2.05) is 26.1 Å². The maximum atomic E-state index is 12.5. The van der Waals surface area contributed by atoms with E-state index in [0.717, 1.165) is 66.1 Å². The van der Waals surface area contributed by atoms with E-state index in [2.05, 4.69) is 38.8 Å². The second-order valence-electron chi connectivity index (χ2n) is 15.7. The number of hydrogen-bond acceptors (Lipinski definition) is 4. The van der Waals surface area contributed by atoms with E-state index >= 15 is 0 Å². The summed E-state index contributed by atoms with van der Waals surface area (Å²) in [7, 11) is 0. The van der Waals surface area contributed by atoms with Gasteiger partial charge >= 0.3 is 5.97 Å². The number of carboxylic acid groups (broad SMARTS) is 1. The van der Waals surface area contributed by atoms with Gasteiger partial charge in [0.25, 0.3) is 0 Å². The lowest BCUT2D eigenvalue weighted by Crippen LogP contribution is -2.62. The number of aliphatic carboxylic acids is 1. The van der Waals surface area contributed by atoms with Gasteiger partial charge in [-0.15, -0.1) is 0 Å². The van der Waals surface area contributed by atoms with Gasteiger partial charge in [0.05, 0.1) is 5.41 Å². The molecule has 4 aliphatic carbocycles. The van der Waals surface area contributed by atoms with E-state index in [-0.39, 0.29) is 50.7 Å². The number of rotatable bonds is 2. The molecule has 2 aromatic carbocycles. The number of nitrogens with one attached hydrogen (secondary N) is 1. The number of H-pyrrole nitrogens is 1. The number of carboxylic acids is 1. The number of phenols is 3. The normalized spacial score (nSPS) is 38.4. The Morgan fingerprint density at radius 2 is 1.65 bits per heavy atom. The van der Waals surface area contributed by atoms with Gasteiger partial charge in [0.1, 0.15) is 5.75 Å². The average molecular weight is 584 g/mol. The number of carbonyl (C=O) groups is 1. The Kier molecular flexibility index (Phi) is 5.68. The fourth-order valence-electron chi connectivity index (χ4n) is 10.6. The van der Waals surface area contributed by atoms with Gasteiger partial charge in [-0.1, -0.05) is 39.3 Å². The van der Waals surface area contributed by atoms with Crippen molar-refractivity contribution in [2.24, 2.45) is 27.6 Å². The number of aromatic nitrogens is 1. The lowest BCUT2D eigenvalue weighted by Gasteiger charge is -2.70. The van der Waals surface area contributed by atoms with Crippen molar-refractivity contribution in [3.8, 4) is 17.2 Å². The van der Waals surface area contributed by atoms with Crippen LogP contribution in [0.4, 0.5) is 0 Å². The first-order valence-electron chi connectivity index (χ1n) is 15.9. The molecule has 0 saturated heterocycles. The van der Waals surface area contributed by atoms with Crippen molar-refractivity contribution >= 4 is 16.9 Å². The molecule has 6 heteroatoms. The predicted molar refractivity (Wildman–Crippen MR) is 168 cm³/mol. The van der Waals surface area contributed by atoms with Gasteiger partial charge < -0.3 is 25.4 Å². The molecule has 228 valence electrons. The maximum absolute atomic E-state index is 12.5. The molecule has 1 heterocycles. The first kappa shape index (κ1) is 28.4. The van der Waals surface area contributed by atoms with Crippen molar-refractivity contribution < 1.29 is 25.2 Å². The summed E-state index contributed by atoms with van der Waals surface area (Å²) in [6.45, 7) is 13.5. The summed E-state index contributed by atoms with van der Waals surface area (Å²) in [6.07, 6.45) is 10.8. The second-order valence-corrected chi connectivity index (χ2v) is 15.7. The fraction of sp³-hybridized carbons (Fsp3) is 0.541. The van der Waals surface area contributed by atoms with Crippen LogP contribution in [0.5, 0.6) is 17.2 Å². The van der Waals surface area contributed by atoms with Gasteiger partial charge in [-0.3, -0.25) is 4.79 Å². The highest BCUT2D eigenvalue weighted by Crippen LogP contribution is 2.75. The van der Waals surface area contributed by atoms with E-state index in [1.54, 1.807) is 18.2 Å². The molecule has 5 N–H and O–H groups in total. The third-order valence-electron chi connectivity index (χ3n) is 13.7. The number of benzene rings is 2. The van der Waals surface area contributed by atoms with Gasteiger partial charge in [0.15, 0.2) is 11.5 Å². The molecule has 0 aliphatic heterocycles. The van der Waals surface area contributed by atoms with E-state index in [4.69, 9.17) is 0 Å². The Bertz CT molecular complexity index is 1740. The highest BCUT2D eigenvalue weighted by molar-refractivity contribution is 5.86. The summed E-state index contributed by atoms with van der Waals surface area (Å²) in [6, 6.07) is 7.21. The molecule has 0 unspecified atom stereocenters. The van der Waals surface area contributed by atoms with Gasteiger partial charge in [-0.05, 0) is 121 Å². The molecule has 4 aliphatic rings. The smallest absolute Gasteiger partial charge is 0.309 e. The minimum atomic E-state index is -0.710. The molecular weight excluding hydrogens is 538 g/mol. The van der Waals surface area contributed by atoms with Crippen LogP contribution in [0.15, 0.2) is 42.1 Å². The van der Waals surface area contributed by atoms with E-state index in [9.17, 15) is 25.2 Å². The molecule has 6 nitrogen and oxygen atoms in total. The summed E-state index contributed by atoms with van der Waals surface area (Å²) >= 11 is 0. The van der Waals surface area contributed by atoms with Crippen molar-refractivity contribution in [1.82, 2.24) is 4.98 Å². The zero-order valence-electron chi connectivity index (χ0n) is 26.3. The first-order chi connectivity index (χ1) is 20.1. The zero-order chi connectivity index (χ0) is 30.9. The summed E-state index contributed by atoms with van der Waals surface area (Å²) in [5.41, 5.74) is 4.93. The Hall–Kier alpha value is -3.41. The minimum Gasteiger partial charge on any atom is -0.508 e. The van der Waals surface area contributed by atoms with Crippen LogP contribution in [0.3, 0.4) is 0 Å². The highest BCUT2D eigenvalue weighted by atomic mass is 16.4. The van der Waals surface area contributed by atoms with Crippen LogP contribution in [0.25, 0.3) is 10.9 Å². The summed E-state index contributed by atoms with van der Waals surface area (Å²) in [5, 5.41) is 43.4. The standard InChI is InChI=1S/C37H45NO5/c1-20-30-23(24-19-38-26-15-21(39)7-8-22(24)26)16-28-35(4,25(30)17-27(40)31(20)41)12-14-37(6)29-18-34(3,32(42)43)10-9-33(29,2)11-13-36(28,37)5/h7-8,15-17,19,23,29,38-41H,9-14,18H2,1-6H3,(H,42,43)/t23-,29+,33+,34+,35-,36+,37-/m0/s1. The molecule has 0 bridgehead atoms. The second kappa shape index (κ2) is 8.61. The van der Waals surface area contributed by atoms with Crippen LogP contribution < -0.4 is 0 Å². The van der Waals surface area contributed by atoms with Gasteiger partial charge in [-0.2, -0.15) is 0 Å². The third kappa shape index (κ3) is 3.49. The van der Waals surface area contributed by atoms with Crippen molar-refractivity contribution in [1.29, 1.82) is 0 Å². The van der Waals surface area contributed by atoms with Gasteiger partial charge in [0, 0.05) is 34.5 Å². The van der Waals surface area contributed by atoms with Gasteiger partial charge in [0.2, 0.25) is 0 Å². The van der Waals surface area contributed by atoms with Crippen LogP contribution in [0, 0.1) is 34.5 Å². The molecule has 7 rings (SSSR count). The van der Waals surface area contributed by atoms with Crippen LogP contribution in [0.2, 0.25) is 0 Å². The molecule has 0 radical (unpaired) electrons. The van der Waals surface area contributed by atoms with E-state index in [1.165, 1.54) is 5.57 Å². The molecule has 3 aromatic rings. The monoisotopic (exact) mass is 583 g/mol. The first-order valence-corrected chi connectivity index (χ1v) is 15.9. The Morgan fingerprint density at radius 3 is 2.37 bits per heavy atom. The zero-order valence-corrected chi connectivity index (χ0v) is 26.3. The Labute approximate surface area is 253 Å². The molecule has 3 saturated carbocycles. The van der Waals surface area contributed by atoms with Crippen molar-refractivity contribution in [2.45, 2.75) is 97.8 Å². The number of allylic oxidation sites excluding steroid dienone is 2. The number of hydrogen-bond donors (Lipinski definition) is 5. The average Bonchev–Trinajstić information content (AvgIpc) is 3.37. The van der Waals surface area contributed by atoms with Crippen molar-refractivity contribution in [3.63, 3.8) is 0 Å². The summed E-state index contributed by atoms with van der Waals surface area (Å²) < 4.78 is 0. The van der Waals surface area contributed by atoms with Crippen molar-refractivity contribution in [2.75, 3.05) is 0 Å². The van der Waals surface area contributed by atoms with Crippen molar-refractivity contribution in [3.05, 3.63) is 64.4 Å². The molecular formula is C37H45NO5. The largest absolute Gasteiger partial charge is 0.508 e. The van der Waals surface area contributed by atoms with E-state index in [0.29, 0.717) is 12.0 Å². The topological polar surface area (TPSA) is 114 Å². The van der Waals surface area contributed by atoms with Gasteiger partial charge in [-0.25, -0.2) is 0 Å². The Balaban J connectivity index is 1.46. The fourth-order valence-corrected chi connectivity index (χ4v) is 10.6. The number of aromatic hydroxyl groups is 3. The molecule has 0 spiro atoms. The molecule has 43 heavy (non-hydrogen) atoms. The maximum Gasteiger partial charge on any atom is 0.309 e. The molecule has 3 fully saturated rings. The lowest BCUT2D eigenvalue weighted by molar-refractivity contribution is -0.177. The molecule has 0 amide bonds. The quantitative estimate of drug-likeness (QED) is 0.153. The number of fused-ring (bicyclic) bond motifs is 8. The van der Waals surface area contributed by atoms with E-state index < -0.39 is 11.4 Å². The third-order valence-corrected chi connectivity index (χ3v) is 13.7.